The quantitative estimate of drug-likeness (QED) is 0.381. The third-order valence-corrected chi connectivity index (χ3v) is 1.54. The molecule has 1 fully saturated rings. The molecule has 52 valence electrons. The molecule has 0 bridgehead atoms. The van der Waals surface area contributed by atoms with Crippen molar-refractivity contribution >= 4 is 0 Å². The second-order valence-corrected chi connectivity index (χ2v) is 2.31. The fraction of sp³-hybridized carbons (Fsp3) is 0.667. The van der Waals surface area contributed by atoms with Gasteiger partial charge in [-0.3, -0.25) is 5.32 Å². The van der Waals surface area contributed by atoms with Gasteiger partial charge in [0.05, 0.1) is 13.1 Å². The summed E-state index contributed by atoms with van der Waals surface area (Å²) in [6.07, 6.45) is 0. The van der Waals surface area contributed by atoms with E-state index < -0.39 is 0 Å². The number of aliphatic hydroxyl groups excluding tert-OH is 1. The molecule has 0 aliphatic carbocycles. The lowest BCUT2D eigenvalue weighted by atomic mass is 10.2. The van der Waals surface area contributed by atoms with Gasteiger partial charge in [-0.1, -0.05) is 6.58 Å². The molecule has 0 amide bonds. The van der Waals surface area contributed by atoms with Crippen LogP contribution in [0.3, 0.4) is 0 Å². The number of piperazine rings is 1. The Labute approximate surface area is 54.8 Å². The number of nitrogens with one attached hydrogen (secondary N) is 1. The Kier molecular flexibility index (Phi) is 2.08. The van der Waals surface area contributed by atoms with Gasteiger partial charge in [0.15, 0.2) is 0 Å². The first kappa shape index (κ1) is 6.58. The van der Waals surface area contributed by atoms with Gasteiger partial charge in [-0.2, -0.15) is 0 Å². The van der Waals surface area contributed by atoms with Crippen LogP contribution in [-0.2, 0) is 0 Å². The molecule has 1 atom stereocenters. The van der Waals surface area contributed by atoms with Crippen LogP contribution in [0.25, 0.3) is 0 Å². The third kappa shape index (κ3) is 1.69. The van der Waals surface area contributed by atoms with Crippen molar-refractivity contribution in [1.29, 1.82) is 0 Å². The van der Waals surface area contributed by atoms with Crippen molar-refractivity contribution < 1.29 is 10.4 Å². The molecule has 0 aromatic rings. The van der Waals surface area contributed by atoms with Gasteiger partial charge in [-0.15, -0.1) is 0 Å². The minimum atomic E-state index is 0.110. The van der Waals surface area contributed by atoms with Crippen LogP contribution in [0.5, 0.6) is 0 Å². The molecule has 1 saturated heterocycles. The van der Waals surface area contributed by atoms with Crippen molar-refractivity contribution in [3.63, 3.8) is 0 Å². The van der Waals surface area contributed by atoms with E-state index in [-0.39, 0.29) is 11.8 Å². The summed E-state index contributed by atoms with van der Waals surface area (Å²) in [7, 11) is 0. The zero-order valence-corrected chi connectivity index (χ0v) is 5.43. The molecular weight excluding hydrogens is 116 g/mol. The van der Waals surface area contributed by atoms with E-state index in [2.05, 4.69) is 17.2 Å². The summed E-state index contributed by atoms with van der Waals surface area (Å²) in [5.41, 5.74) is 0. The van der Waals surface area contributed by atoms with E-state index in [0.717, 1.165) is 19.6 Å². The zero-order chi connectivity index (χ0) is 6.69. The standard InChI is InChI=1S/C6H12N2O/c1-5(9)6-4-7-2-3-8-6/h6-9H,1-4H2/p+1/t6-/m0/s1. The average Bonchev–Trinajstić information content (AvgIpc) is 1.90. The minimum Gasteiger partial charge on any atom is -0.511 e. The smallest absolute Gasteiger partial charge is 0.114 e. The van der Waals surface area contributed by atoms with Crippen LogP contribution in [0.15, 0.2) is 12.3 Å². The third-order valence-electron chi connectivity index (χ3n) is 1.54. The molecule has 0 unspecified atom stereocenters. The lowest BCUT2D eigenvalue weighted by molar-refractivity contribution is -0.661. The maximum Gasteiger partial charge on any atom is 0.114 e. The SMILES string of the molecule is C=C(O)[C@@H]1C[NH2+]CCN1. The Morgan fingerprint density at radius 3 is 2.89 bits per heavy atom. The average molecular weight is 129 g/mol. The van der Waals surface area contributed by atoms with E-state index in [9.17, 15) is 0 Å². The van der Waals surface area contributed by atoms with Crippen molar-refractivity contribution in [1.82, 2.24) is 5.32 Å². The van der Waals surface area contributed by atoms with Crippen molar-refractivity contribution in [2.45, 2.75) is 6.04 Å². The molecule has 1 rings (SSSR count). The summed E-state index contributed by atoms with van der Waals surface area (Å²) in [4.78, 5) is 0. The maximum absolute atomic E-state index is 8.90. The van der Waals surface area contributed by atoms with Crippen LogP contribution in [0, 0.1) is 0 Å². The van der Waals surface area contributed by atoms with E-state index in [1.807, 2.05) is 0 Å². The highest BCUT2D eigenvalue weighted by Gasteiger charge is 2.16. The largest absolute Gasteiger partial charge is 0.511 e. The monoisotopic (exact) mass is 129 g/mol. The van der Waals surface area contributed by atoms with Crippen molar-refractivity contribution in [2.75, 3.05) is 19.6 Å². The van der Waals surface area contributed by atoms with E-state index >= 15 is 0 Å². The van der Waals surface area contributed by atoms with Crippen LogP contribution in [0.1, 0.15) is 0 Å². The molecule has 3 heteroatoms. The molecule has 9 heavy (non-hydrogen) atoms. The summed E-state index contributed by atoms with van der Waals surface area (Å²) in [6, 6.07) is 0.110. The van der Waals surface area contributed by atoms with Crippen molar-refractivity contribution in [3.05, 3.63) is 12.3 Å². The first-order chi connectivity index (χ1) is 4.30. The highest BCUT2D eigenvalue weighted by atomic mass is 16.3. The summed E-state index contributed by atoms with van der Waals surface area (Å²) >= 11 is 0. The molecule has 0 saturated carbocycles. The summed E-state index contributed by atoms with van der Waals surface area (Å²) in [6.45, 7) is 6.43. The second-order valence-electron chi connectivity index (χ2n) is 2.31. The maximum atomic E-state index is 8.90. The topological polar surface area (TPSA) is 48.9 Å². The Bertz CT molecular complexity index is 108. The van der Waals surface area contributed by atoms with E-state index in [1.165, 1.54) is 0 Å². The number of hydrogen-bond acceptors (Lipinski definition) is 2. The normalized spacial score (nSPS) is 27.8. The predicted molar refractivity (Wildman–Crippen MR) is 35.2 cm³/mol. The predicted octanol–water partition coefficient (Wildman–Crippen LogP) is -1.41. The Morgan fingerprint density at radius 2 is 2.56 bits per heavy atom. The molecular formula is C6H13N2O+. The molecule has 0 aromatic heterocycles. The van der Waals surface area contributed by atoms with Crippen LogP contribution in [-0.4, -0.2) is 30.8 Å². The van der Waals surface area contributed by atoms with Gasteiger partial charge in [-0.25, -0.2) is 0 Å². The molecule has 1 aliphatic heterocycles. The number of rotatable bonds is 1. The molecule has 3 nitrogen and oxygen atoms in total. The van der Waals surface area contributed by atoms with Gasteiger partial charge < -0.3 is 10.4 Å². The van der Waals surface area contributed by atoms with E-state index in [0.29, 0.717) is 0 Å². The summed E-state index contributed by atoms with van der Waals surface area (Å²) in [5, 5.41) is 14.2. The van der Waals surface area contributed by atoms with E-state index in [1.54, 1.807) is 0 Å². The number of quaternary nitrogens is 1. The van der Waals surface area contributed by atoms with Gasteiger partial charge in [0.25, 0.3) is 0 Å². The fourth-order valence-electron chi connectivity index (χ4n) is 0.981. The highest BCUT2D eigenvalue weighted by molar-refractivity contribution is 4.94. The van der Waals surface area contributed by atoms with E-state index in [4.69, 9.17) is 5.11 Å². The Balaban J connectivity index is 2.31. The molecule has 1 aliphatic rings. The lowest BCUT2D eigenvalue weighted by Crippen LogP contribution is -2.91. The zero-order valence-electron chi connectivity index (χ0n) is 5.43. The van der Waals surface area contributed by atoms with Crippen LogP contribution < -0.4 is 10.6 Å². The van der Waals surface area contributed by atoms with Gasteiger partial charge in [0.2, 0.25) is 0 Å². The number of nitrogens with two attached hydrogens (primary N) is 1. The summed E-state index contributed by atoms with van der Waals surface area (Å²) < 4.78 is 0. The van der Waals surface area contributed by atoms with Gasteiger partial charge in [0, 0.05) is 6.54 Å². The lowest BCUT2D eigenvalue weighted by Gasteiger charge is -2.20. The van der Waals surface area contributed by atoms with Crippen molar-refractivity contribution in [2.24, 2.45) is 0 Å². The van der Waals surface area contributed by atoms with Gasteiger partial charge in [-0.05, 0) is 0 Å². The molecule has 4 N–H and O–H groups in total. The van der Waals surface area contributed by atoms with Gasteiger partial charge in [0.1, 0.15) is 11.8 Å². The first-order valence-corrected chi connectivity index (χ1v) is 3.23. The summed E-state index contributed by atoms with van der Waals surface area (Å²) in [5.74, 6) is 0.256. The molecule has 0 aromatic carbocycles. The minimum absolute atomic E-state index is 0.110. The number of aliphatic hydroxyl groups is 1. The molecule has 0 radical (unpaired) electrons. The van der Waals surface area contributed by atoms with Crippen molar-refractivity contribution in [3.8, 4) is 0 Å². The van der Waals surface area contributed by atoms with Crippen LogP contribution >= 0.6 is 0 Å². The van der Waals surface area contributed by atoms with Gasteiger partial charge >= 0.3 is 0 Å². The second kappa shape index (κ2) is 2.85. The fourth-order valence-corrected chi connectivity index (χ4v) is 0.981. The van der Waals surface area contributed by atoms with Crippen LogP contribution in [0.2, 0.25) is 0 Å². The Morgan fingerprint density at radius 1 is 1.78 bits per heavy atom. The number of hydrogen-bond donors (Lipinski definition) is 3. The first-order valence-electron chi connectivity index (χ1n) is 3.23. The Hall–Kier alpha value is -0.540. The molecule has 0 spiro atoms. The molecule has 1 heterocycles. The highest BCUT2D eigenvalue weighted by Crippen LogP contribution is 1.91. The van der Waals surface area contributed by atoms with Crippen LogP contribution in [0.4, 0.5) is 0 Å².